The summed E-state index contributed by atoms with van der Waals surface area (Å²) in [5.41, 5.74) is 0. The number of alkyl halides is 1. The number of rotatable bonds is 14. The number of hydrogen-bond acceptors (Lipinski definition) is 1. The van der Waals surface area contributed by atoms with Crippen LogP contribution in [-0.4, -0.2) is 18.3 Å². The van der Waals surface area contributed by atoms with E-state index in [-0.39, 0.29) is 5.91 Å². The molecule has 2 nitrogen and oxygen atoms in total. The Bertz CT molecular complexity index is 197. The van der Waals surface area contributed by atoms with E-state index >= 15 is 0 Å². The minimum absolute atomic E-state index is 0.150. The molecule has 0 aromatic rings. The number of hydrogen-bond donors (Lipinski definition) is 1. The zero-order valence-electron chi connectivity index (χ0n) is 12.7. The van der Waals surface area contributed by atoms with Crippen molar-refractivity contribution >= 4 is 17.5 Å². The van der Waals surface area contributed by atoms with Gasteiger partial charge in [-0.1, -0.05) is 64.7 Å². The van der Waals surface area contributed by atoms with Crippen molar-refractivity contribution in [3.8, 4) is 0 Å². The highest BCUT2D eigenvalue weighted by Crippen LogP contribution is 2.10. The topological polar surface area (TPSA) is 29.1 Å². The number of carbonyl (C=O) groups is 1. The number of carbonyl (C=O) groups excluding carboxylic acids is 1. The van der Waals surface area contributed by atoms with Crippen LogP contribution >= 0.6 is 11.6 Å². The Morgan fingerprint density at radius 2 is 1.37 bits per heavy atom. The van der Waals surface area contributed by atoms with Crippen molar-refractivity contribution in [3.63, 3.8) is 0 Å². The van der Waals surface area contributed by atoms with Gasteiger partial charge in [-0.3, -0.25) is 4.79 Å². The van der Waals surface area contributed by atoms with Gasteiger partial charge in [0.05, 0.1) is 0 Å². The maximum Gasteiger partial charge on any atom is 0.220 e. The van der Waals surface area contributed by atoms with Crippen molar-refractivity contribution in [2.45, 2.75) is 84.0 Å². The molecule has 0 unspecified atom stereocenters. The lowest BCUT2D eigenvalue weighted by atomic mass is 10.1. The molecule has 0 atom stereocenters. The molecule has 1 N–H and O–H groups in total. The van der Waals surface area contributed by atoms with Crippen molar-refractivity contribution in [1.29, 1.82) is 0 Å². The van der Waals surface area contributed by atoms with Gasteiger partial charge in [0, 0.05) is 18.8 Å². The average molecular weight is 290 g/mol. The van der Waals surface area contributed by atoms with E-state index in [0.717, 1.165) is 19.4 Å². The summed E-state index contributed by atoms with van der Waals surface area (Å²) < 4.78 is 0. The second-order valence-electron chi connectivity index (χ2n) is 5.32. The van der Waals surface area contributed by atoms with Crippen molar-refractivity contribution in [3.05, 3.63) is 0 Å². The fourth-order valence-electron chi connectivity index (χ4n) is 2.16. The summed E-state index contributed by atoms with van der Waals surface area (Å²) in [6.45, 7) is 3.09. The first-order valence-electron chi connectivity index (χ1n) is 8.14. The van der Waals surface area contributed by atoms with Gasteiger partial charge in [0.15, 0.2) is 0 Å². The van der Waals surface area contributed by atoms with E-state index < -0.39 is 0 Å². The molecule has 0 aromatic heterocycles. The molecule has 19 heavy (non-hydrogen) atoms. The van der Waals surface area contributed by atoms with Gasteiger partial charge in [0.25, 0.3) is 0 Å². The van der Waals surface area contributed by atoms with Crippen LogP contribution in [0.15, 0.2) is 0 Å². The van der Waals surface area contributed by atoms with Crippen molar-refractivity contribution in [2.75, 3.05) is 12.4 Å². The predicted octanol–water partition coefficient (Wildman–Crippen LogP) is 5.04. The molecule has 0 aliphatic carbocycles. The molecule has 0 aromatic carbocycles. The molecule has 0 bridgehead atoms. The minimum atomic E-state index is 0.150. The van der Waals surface area contributed by atoms with Gasteiger partial charge in [-0.2, -0.15) is 0 Å². The van der Waals surface area contributed by atoms with Crippen LogP contribution in [0, 0.1) is 0 Å². The number of nitrogens with one attached hydrogen (secondary N) is 1. The van der Waals surface area contributed by atoms with E-state index in [9.17, 15) is 4.79 Å². The maximum absolute atomic E-state index is 11.3. The monoisotopic (exact) mass is 289 g/mol. The second-order valence-corrected chi connectivity index (χ2v) is 5.70. The summed E-state index contributed by atoms with van der Waals surface area (Å²) in [5.74, 6) is 0.725. The molecule has 0 spiro atoms. The van der Waals surface area contributed by atoms with Crippen LogP contribution < -0.4 is 5.32 Å². The first-order chi connectivity index (χ1) is 9.31. The second kappa shape index (κ2) is 15.8. The predicted molar refractivity (Wildman–Crippen MR) is 84.8 cm³/mol. The van der Waals surface area contributed by atoms with Crippen molar-refractivity contribution < 1.29 is 4.79 Å². The lowest BCUT2D eigenvalue weighted by Crippen LogP contribution is -2.24. The molecule has 3 heteroatoms. The van der Waals surface area contributed by atoms with E-state index in [1.165, 1.54) is 57.8 Å². The summed E-state index contributed by atoms with van der Waals surface area (Å²) in [6, 6.07) is 0. The molecule has 114 valence electrons. The van der Waals surface area contributed by atoms with E-state index in [0.29, 0.717) is 12.3 Å². The standard InChI is InChI=1S/C16H32ClNO/c1-2-3-4-5-6-7-8-9-10-11-15-18-16(19)13-12-14-17/h2-15H2,1H3,(H,18,19). The van der Waals surface area contributed by atoms with Gasteiger partial charge in [-0.05, 0) is 12.8 Å². The number of halogens is 1. The van der Waals surface area contributed by atoms with Gasteiger partial charge in [-0.25, -0.2) is 0 Å². The fourth-order valence-corrected chi connectivity index (χ4v) is 2.29. The van der Waals surface area contributed by atoms with E-state index in [2.05, 4.69) is 12.2 Å². The van der Waals surface area contributed by atoms with Crippen LogP contribution in [0.4, 0.5) is 0 Å². The van der Waals surface area contributed by atoms with Crippen LogP contribution in [0.3, 0.4) is 0 Å². The molecular formula is C16H32ClNO. The first kappa shape index (κ1) is 18.8. The SMILES string of the molecule is CCCCCCCCCCCCNC(=O)CCCCl. The van der Waals surface area contributed by atoms with Crippen LogP contribution in [0.5, 0.6) is 0 Å². The van der Waals surface area contributed by atoms with Gasteiger partial charge < -0.3 is 5.32 Å². The molecule has 1 amide bonds. The van der Waals surface area contributed by atoms with Crippen LogP contribution in [0.1, 0.15) is 84.0 Å². The molecule has 0 aliphatic rings. The van der Waals surface area contributed by atoms with Gasteiger partial charge in [0.1, 0.15) is 0 Å². The summed E-state index contributed by atoms with van der Waals surface area (Å²) in [7, 11) is 0. The minimum Gasteiger partial charge on any atom is -0.356 e. The number of unbranched alkanes of at least 4 members (excludes halogenated alkanes) is 9. The van der Waals surface area contributed by atoms with E-state index in [4.69, 9.17) is 11.6 Å². The zero-order chi connectivity index (χ0) is 14.2. The molecule has 0 radical (unpaired) electrons. The molecule has 0 rings (SSSR count). The lowest BCUT2D eigenvalue weighted by molar-refractivity contribution is -0.121. The van der Waals surface area contributed by atoms with Crippen LogP contribution in [0.25, 0.3) is 0 Å². The Balaban J connectivity index is 3.04. The Morgan fingerprint density at radius 3 is 1.89 bits per heavy atom. The third-order valence-corrected chi connectivity index (χ3v) is 3.66. The number of amides is 1. The van der Waals surface area contributed by atoms with Gasteiger partial charge in [-0.15, -0.1) is 11.6 Å². The van der Waals surface area contributed by atoms with Crippen molar-refractivity contribution in [2.24, 2.45) is 0 Å². The summed E-state index contributed by atoms with van der Waals surface area (Å²) in [4.78, 5) is 11.3. The fraction of sp³-hybridized carbons (Fsp3) is 0.938. The Kier molecular flexibility index (Phi) is 15.6. The molecule has 0 aliphatic heterocycles. The van der Waals surface area contributed by atoms with Crippen LogP contribution in [-0.2, 0) is 4.79 Å². The van der Waals surface area contributed by atoms with Gasteiger partial charge >= 0.3 is 0 Å². The molecule has 0 saturated heterocycles. The first-order valence-corrected chi connectivity index (χ1v) is 8.67. The average Bonchev–Trinajstić information content (AvgIpc) is 2.42. The summed E-state index contributed by atoms with van der Waals surface area (Å²) in [5, 5.41) is 2.95. The molecule has 0 saturated carbocycles. The quantitative estimate of drug-likeness (QED) is 0.352. The van der Waals surface area contributed by atoms with Gasteiger partial charge in [0.2, 0.25) is 5.91 Å². The highest BCUT2D eigenvalue weighted by atomic mass is 35.5. The Labute approximate surface area is 124 Å². The molecular weight excluding hydrogens is 258 g/mol. The normalized spacial score (nSPS) is 10.6. The highest BCUT2D eigenvalue weighted by Gasteiger charge is 1.99. The Hall–Kier alpha value is -0.240. The third-order valence-electron chi connectivity index (χ3n) is 3.39. The maximum atomic E-state index is 11.3. The van der Waals surface area contributed by atoms with E-state index in [1.807, 2.05) is 0 Å². The molecule has 0 heterocycles. The third kappa shape index (κ3) is 15.7. The smallest absolute Gasteiger partial charge is 0.220 e. The lowest BCUT2D eigenvalue weighted by Gasteiger charge is -2.04. The Morgan fingerprint density at radius 1 is 0.842 bits per heavy atom. The van der Waals surface area contributed by atoms with E-state index in [1.54, 1.807) is 0 Å². The summed E-state index contributed by atoms with van der Waals surface area (Å²) in [6.07, 6.45) is 14.7. The molecule has 0 fully saturated rings. The summed E-state index contributed by atoms with van der Waals surface area (Å²) >= 11 is 5.54. The zero-order valence-corrected chi connectivity index (χ0v) is 13.4. The van der Waals surface area contributed by atoms with Crippen molar-refractivity contribution in [1.82, 2.24) is 5.32 Å². The highest BCUT2D eigenvalue weighted by molar-refractivity contribution is 6.17. The largest absolute Gasteiger partial charge is 0.356 e. The van der Waals surface area contributed by atoms with Crippen LogP contribution in [0.2, 0.25) is 0 Å².